The van der Waals surface area contributed by atoms with Gasteiger partial charge >= 0.3 is 11.9 Å². The highest BCUT2D eigenvalue weighted by atomic mass is 32.2. The fourth-order valence-electron chi connectivity index (χ4n) is 7.91. The quantitative estimate of drug-likeness (QED) is 0.0391. The summed E-state index contributed by atoms with van der Waals surface area (Å²) in [6, 6.07) is 1.91. The topological polar surface area (TPSA) is 93.9 Å². The Labute approximate surface area is 362 Å². The monoisotopic (exact) mass is 836 g/mol. The van der Waals surface area contributed by atoms with Crippen molar-refractivity contribution >= 4 is 23.9 Å². The number of unbranched alkanes of at least 4 members (excludes halogenated alkanes) is 16. The van der Waals surface area contributed by atoms with E-state index < -0.39 is 0 Å². The maximum atomic E-state index is 12.4. The Morgan fingerprint density at radius 2 is 1.02 bits per heavy atom. The molecular formula is C49H93N3O5S. The fourth-order valence-corrected chi connectivity index (χ4v) is 8.60. The molecule has 9 heteroatoms. The molecule has 1 aromatic heterocycles. The van der Waals surface area contributed by atoms with Gasteiger partial charge in [-0.3, -0.25) is 14.3 Å². The second-order valence-electron chi connectivity index (χ2n) is 17.1. The zero-order valence-electron chi connectivity index (χ0n) is 38.5. The van der Waals surface area contributed by atoms with Crippen LogP contribution in [-0.2, 0) is 24.8 Å². The van der Waals surface area contributed by atoms with E-state index in [2.05, 4.69) is 42.5 Å². The molecule has 1 N–H and O–H groups in total. The number of ether oxygens (including phenoxy) is 2. The summed E-state index contributed by atoms with van der Waals surface area (Å²) in [5, 5.41) is 3.99. The molecule has 0 bridgehead atoms. The second-order valence-corrected chi connectivity index (χ2v) is 18.0. The lowest BCUT2D eigenvalue weighted by molar-refractivity contribution is -0.145. The first-order valence-corrected chi connectivity index (χ1v) is 25.8. The fraction of sp³-hybridized carbons (Fsp3) is 0.898. The molecule has 0 aliphatic carbocycles. The molecule has 58 heavy (non-hydrogen) atoms. The Bertz CT molecular complexity index is 936. The molecule has 0 saturated carbocycles. The normalized spacial score (nSPS) is 11.7. The molecule has 340 valence electrons. The summed E-state index contributed by atoms with van der Waals surface area (Å²) < 4.78 is 19.8. The standard InChI is InChI=1S/C49H93N3O5S/c1-5-9-19-28-45(29-20-10-6-2)34-41-55-48(53)32-23-15-13-17-25-38-52(40-27-37-50-58-44-47-36-43-57-51-47)39-26-18-14-16-24-33-49(54)56-42-35-46(30-21-11-7-3)31-22-12-8-4/h36,43,45-46,50H,5-35,37-42,44H2,1-4H3. The number of nitrogens with one attached hydrogen (secondary N) is 1. The van der Waals surface area contributed by atoms with Crippen molar-refractivity contribution in [3.8, 4) is 0 Å². The number of hydrogen-bond acceptors (Lipinski definition) is 9. The van der Waals surface area contributed by atoms with Crippen molar-refractivity contribution in [3.63, 3.8) is 0 Å². The van der Waals surface area contributed by atoms with E-state index >= 15 is 0 Å². The van der Waals surface area contributed by atoms with Crippen molar-refractivity contribution in [2.24, 2.45) is 11.8 Å². The maximum absolute atomic E-state index is 12.4. The number of aromatic nitrogens is 1. The molecule has 0 spiro atoms. The average molecular weight is 836 g/mol. The van der Waals surface area contributed by atoms with E-state index in [1.807, 2.05) is 6.07 Å². The van der Waals surface area contributed by atoms with Gasteiger partial charge in [0.1, 0.15) is 6.26 Å². The van der Waals surface area contributed by atoms with Crippen LogP contribution in [0.2, 0.25) is 0 Å². The van der Waals surface area contributed by atoms with Crippen molar-refractivity contribution in [1.29, 1.82) is 0 Å². The Morgan fingerprint density at radius 3 is 1.45 bits per heavy atom. The van der Waals surface area contributed by atoms with Gasteiger partial charge in [0.25, 0.3) is 0 Å². The van der Waals surface area contributed by atoms with Gasteiger partial charge in [0.05, 0.1) is 24.7 Å². The van der Waals surface area contributed by atoms with Crippen LogP contribution in [0.4, 0.5) is 0 Å². The molecule has 0 amide bonds. The average Bonchev–Trinajstić information content (AvgIpc) is 3.74. The molecule has 0 saturated heterocycles. The first kappa shape index (κ1) is 54.4. The third-order valence-electron chi connectivity index (χ3n) is 11.7. The van der Waals surface area contributed by atoms with Crippen LogP contribution < -0.4 is 4.72 Å². The highest BCUT2D eigenvalue weighted by Gasteiger charge is 2.13. The van der Waals surface area contributed by atoms with E-state index in [0.717, 1.165) is 82.6 Å². The molecule has 0 aliphatic rings. The van der Waals surface area contributed by atoms with Crippen LogP contribution in [0.25, 0.3) is 0 Å². The van der Waals surface area contributed by atoms with E-state index in [-0.39, 0.29) is 11.9 Å². The molecule has 0 aliphatic heterocycles. The summed E-state index contributed by atoms with van der Waals surface area (Å²) in [6.45, 7) is 14.6. The van der Waals surface area contributed by atoms with E-state index in [4.69, 9.17) is 14.0 Å². The number of hydrogen-bond donors (Lipinski definition) is 1. The minimum Gasteiger partial charge on any atom is -0.466 e. The number of esters is 2. The van der Waals surface area contributed by atoms with Crippen molar-refractivity contribution < 1.29 is 23.6 Å². The van der Waals surface area contributed by atoms with Gasteiger partial charge in [-0.25, -0.2) is 0 Å². The minimum atomic E-state index is -0.00513. The van der Waals surface area contributed by atoms with Gasteiger partial charge < -0.3 is 18.9 Å². The second kappa shape index (κ2) is 42.1. The molecule has 0 fully saturated rings. The predicted octanol–water partition coefficient (Wildman–Crippen LogP) is 14.2. The van der Waals surface area contributed by atoms with Crippen LogP contribution in [0.1, 0.15) is 232 Å². The molecule has 1 heterocycles. The predicted molar refractivity (Wildman–Crippen MR) is 247 cm³/mol. The van der Waals surface area contributed by atoms with Crippen LogP contribution in [0.15, 0.2) is 16.9 Å². The van der Waals surface area contributed by atoms with Gasteiger partial charge in [-0.2, -0.15) is 0 Å². The molecule has 1 aromatic rings. The van der Waals surface area contributed by atoms with Crippen molar-refractivity contribution in [2.45, 2.75) is 232 Å². The molecule has 1 rings (SSSR count). The summed E-state index contributed by atoms with van der Waals surface area (Å²) in [6.07, 6.45) is 37.9. The zero-order chi connectivity index (χ0) is 42.0. The first-order chi connectivity index (χ1) is 28.5. The summed E-state index contributed by atoms with van der Waals surface area (Å²) >= 11 is 1.69. The zero-order valence-corrected chi connectivity index (χ0v) is 39.3. The van der Waals surface area contributed by atoms with Gasteiger partial charge in [-0.15, -0.1) is 0 Å². The third kappa shape index (κ3) is 35.2. The Kier molecular flexibility index (Phi) is 39.5. The van der Waals surface area contributed by atoms with Gasteiger partial charge in [0.15, 0.2) is 0 Å². The van der Waals surface area contributed by atoms with E-state index in [0.29, 0.717) is 37.9 Å². The number of carbonyl (C=O) groups excluding carboxylic acids is 2. The molecule has 0 atom stereocenters. The Hall–Kier alpha value is -1.58. The summed E-state index contributed by atoms with van der Waals surface area (Å²) in [5.74, 6) is 2.22. The van der Waals surface area contributed by atoms with Gasteiger partial charge in [0, 0.05) is 25.5 Å². The van der Waals surface area contributed by atoms with E-state index in [1.54, 1.807) is 18.2 Å². The number of carbonyl (C=O) groups is 2. The number of nitrogens with zero attached hydrogens (tertiary/aromatic N) is 2. The smallest absolute Gasteiger partial charge is 0.305 e. The summed E-state index contributed by atoms with van der Waals surface area (Å²) in [4.78, 5) is 27.5. The largest absolute Gasteiger partial charge is 0.466 e. The SMILES string of the molecule is CCCCCC(CCCCC)CCOC(=O)CCCCCCCN(CCCCCCCC(=O)OCCC(CCCCC)CCCCC)CCCNSCc1ccon1. The molecule has 0 unspecified atom stereocenters. The minimum absolute atomic E-state index is 0.00513. The van der Waals surface area contributed by atoms with Gasteiger partial charge in [0.2, 0.25) is 0 Å². The van der Waals surface area contributed by atoms with E-state index in [1.165, 1.54) is 141 Å². The van der Waals surface area contributed by atoms with Crippen LogP contribution in [0.3, 0.4) is 0 Å². The Balaban J connectivity index is 2.27. The lowest BCUT2D eigenvalue weighted by atomic mass is 9.92. The molecule has 8 nitrogen and oxygen atoms in total. The molecular weight excluding hydrogens is 743 g/mol. The summed E-state index contributed by atoms with van der Waals surface area (Å²) in [7, 11) is 0. The van der Waals surface area contributed by atoms with Gasteiger partial charge in [-0.1, -0.05) is 186 Å². The molecule has 0 aromatic carbocycles. The Morgan fingerprint density at radius 1 is 0.586 bits per heavy atom. The third-order valence-corrected chi connectivity index (χ3v) is 12.6. The van der Waals surface area contributed by atoms with Crippen molar-refractivity contribution in [3.05, 3.63) is 18.0 Å². The van der Waals surface area contributed by atoms with Crippen LogP contribution in [-0.4, -0.2) is 61.4 Å². The van der Waals surface area contributed by atoms with Gasteiger partial charge in [-0.05, 0) is 76.4 Å². The van der Waals surface area contributed by atoms with Crippen molar-refractivity contribution in [2.75, 3.05) is 39.4 Å². The highest BCUT2D eigenvalue weighted by molar-refractivity contribution is 7.96. The van der Waals surface area contributed by atoms with E-state index in [9.17, 15) is 9.59 Å². The van der Waals surface area contributed by atoms with Crippen LogP contribution in [0.5, 0.6) is 0 Å². The summed E-state index contributed by atoms with van der Waals surface area (Å²) in [5.41, 5.74) is 0.965. The lowest BCUT2D eigenvalue weighted by Gasteiger charge is -2.22. The number of rotatable bonds is 45. The van der Waals surface area contributed by atoms with Crippen molar-refractivity contribution in [1.82, 2.24) is 14.8 Å². The first-order valence-electron chi connectivity index (χ1n) is 24.8. The maximum Gasteiger partial charge on any atom is 0.305 e. The molecule has 0 radical (unpaired) electrons. The van der Waals surface area contributed by atoms with Crippen LogP contribution >= 0.6 is 11.9 Å². The van der Waals surface area contributed by atoms with Crippen LogP contribution in [0, 0.1) is 11.8 Å². The highest BCUT2D eigenvalue weighted by Crippen LogP contribution is 2.23. The lowest BCUT2D eigenvalue weighted by Crippen LogP contribution is -2.29.